The van der Waals surface area contributed by atoms with Crippen molar-refractivity contribution in [3.63, 3.8) is 0 Å². The van der Waals surface area contributed by atoms with Crippen molar-refractivity contribution in [3.05, 3.63) is 17.5 Å². The summed E-state index contributed by atoms with van der Waals surface area (Å²) in [6.45, 7) is 2.14. The first-order valence-corrected chi connectivity index (χ1v) is 5.97. The number of unbranched alkanes of at least 4 members (excludes halogenated alkanes) is 1. The molecule has 0 radical (unpaired) electrons. The van der Waals surface area contributed by atoms with Crippen LogP contribution in [-0.4, -0.2) is 15.1 Å². The van der Waals surface area contributed by atoms with E-state index in [2.05, 4.69) is 34.0 Å². The van der Waals surface area contributed by atoms with Gasteiger partial charge in [0, 0.05) is 18.1 Å². The highest BCUT2D eigenvalue weighted by Crippen LogP contribution is 2.08. The van der Waals surface area contributed by atoms with Crippen LogP contribution in [0.25, 0.3) is 0 Å². The van der Waals surface area contributed by atoms with Gasteiger partial charge in [-0.2, -0.15) is 5.10 Å². The number of nitrogens with zero attached hydrogens (tertiary/aromatic N) is 2. The molecule has 0 aromatic carbocycles. The molecule has 0 amide bonds. The molecule has 0 fully saturated rings. The van der Waals surface area contributed by atoms with Crippen molar-refractivity contribution in [3.8, 4) is 0 Å². The van der Waals surface area contributed by atoms with E-state index in [1.165, 1.54) is 24.2 Å². The summed E-state index contributed by atoms with van der Waals surface area (Å²) in [6.07, 6.45) is 4.67. The van der Waals surface area contributed by atoms with Crippen LogP contribution in [0, 0.1) is 0 Å². The second-order valence-electron chi connectivity index (χ2n) is 3.25. The maximum absolute atomic E-state index is 4.41. The molecule has 0 atom stereocenters. The molecular weight excluding hydrogens is 228 g/mol. The first-order valence-electron chi connectivity index (χ1n) is 4.85. The average molecular weight is 245 g/mol. The SMILES string of the molecule is CCc1cc(CCCCBr)n(C)n1. The van der Waals surface area contributed by atoms with E-state index in [1.54, 1.807) is 0 Å². The fourth-order valence-corrected chi connectivity index (χ4v) is 1.78. The Bertz CT molecular complexity index is 255. The van der Waals surface area contributed by atoms with Gasteiger partial charge in [0.15, 0.2) is 0 Å². The summed E-state index contributed by atoms with van der Waals surface area (Å²) in [5.74, 6) is 0. The molecule has 1 aromatic rings. The maximum atomic E-state index is 4.41. The summed E-state index contributed by atoms with van der Waals surface area (Å²) >= 11 is 3.44. The van der Waals surface area contributed by atoms with Crippen molar-refractivity contribution in [2.75, 3.05) is 5.33 Å². The molecule has 74 valence electrons. The Balaban J connectivity index is 2.50. The number of rotatable bonds is 5. The molecular formula is C10H17BrN2. The summed E-state index contributed by atoms with van der Waals surface area (Å²) < 4.78 is 2.01. The van der Waals surface area contributed by atoms with Gasteiger partial charge in [0.1, 0.15) is 0 Å². The summed E-state index contributed by atoms with van der Waals surface area (Å²) in [5, 5.41) is 5.52. The molecule has 0 aliphatic rings. The fraction of sp³-hybridized carbons (Fsp3) is 0.700. The largest absolute Gasteiger partial charge is 0.272 e. The van der Waals surface area contributed by atoms with Crippen LogP contribution < -0.4 is 0 Å². The highest BCUT2D eigenvalue weighted by Gasteiger charge is 2.02. The van der Waals surface area contributed by atoms with Crippen molar-refractivity contribution < 1.29 is 0 Å². The second kappa shape index (κ2) is 5.43. The molecule has 0 N–H and O–H groups in total. The van der Waals surface area contributed by atoms with Gasteiger partial charge in [-0.15, -0.1) is 0 Å². The number of hydrogen-bond acceptors (Lipinski definition) is 1. The van der Waals surface area contributed by atoms with Crippen LogP contribution in [0.3, 0.4) is 0 Å². The molecule has 1 heterocycles. The average Bonchev–Trinajstić information content (AvgIpc) is 2.48. The molecule has 1 rings (SSSR count). The van der Waals surface area contributed by atoms with E-state index in [0.29, 0.717) is 0 Å². The van der Waals surface area contributed by atoms with Gasteiger partial charge in [0.05, 0.1) is 5.69 Å². The molecule has 1 aromatic heterocycles. The third-order valence-electron chi connectivity index (χ3n) is 2.21. The molecule has 0 aliphatic heterocycles. The van der Waals surface area contributed by atoms with Gasteiger partial charge in [-0.1, -0.05) is 22.9 Å². The van der Waals surface area contributed by atoms with Crippen molar-refractivity contribution in [2.24, 2.45) is 7.05 Å². The first-order chi connectivity index (χ1) is 6.27. The van der Waals surface area contributed by atoms with Crippen LogP contribution >= 0.6 is 15.9 Å². The molecule has 0 saturated carbocycles. The van der Waals surface area contributed by atoms with Crippen LogP contribution in [0.5, 0.6) is 0 Å². The zero-order valence-electron chi connectivity index (χ0n) is 8.39. The minimum Gasteiger partial charge on any atom is -0.272 e. The third kappa shape index (κ3) is 3.14. The van der Waals surface area contributed by atoms with E-state index in [-0.39, 0.29) is 0 Å². The molecule has 2 nitrogen and oxygen atoms in total. The molecule has 0 bridgehead atoms. The Hall–Kier alpha value is -0.310. The molecule has 0 saturated heterocycles. The van der Waals surface area contributed by atoms with Gasteiger partial charge >= 0.3 is 0 Å². The zero-order valence-corrected chi connectivity index (χ0v) is 9.97. The standard InChI is InChI=1S/C10H17BrN2/c1-3-9-8-10(13(2)12-9)6-4-5-7-11/h8H,3-7H2,1-2H3. The number of hydrogen-bond donors (Lipinski definition) is 0. The molecule has 0 unspecified atom stereocenters. The van der Waals surface area contributed by atoms with E-state index in [0.717, 1.165) is 18.2 Å². The van der Waals surface area contributed by atoms with Crippen LogP contribution in [0.15, 0.2) is 6.07 Å². The van der Waals surface area contributed by atoms with Crippen molar-refractivity contribution >= 4 is 15.9 Å². The van der Waals surface area contributed by atoms with Crippen molar-refractivity contribution in [2.45, 2.75) is 32.6 Å². The van der Waals surface area contributed by atoms with Gasteiger partial charge in [0.25, 0.3) is 0 Å². The summed E-state index contributed by atoms with van der Waals surface area (Å²) in [7, 11) is 2.03. The lowest BCUT2D eigenvalue weighted by molar-refractivity contribution is 0.672. The minimum absolute atomic E-state index is 1.03. The topological polar surface area (TPSA) is 17.8 Å². The summed E-state index contributed by atoms with van der Waals surface area (Å²) in [6, 6.07) is 2.22. The first kappa shape index (κ1) is 10.8. The van der Waals surface area contributed by atoms with Gasteiger partial charge in [0.2, 0.25) is 0 Å². The van der Waals surface area contributed by atoms with Crippen LogP contribution in [-0.2, 0) is 19.9 Å². The molecule has 0 spiro atoms. The van der Waals surface area contributed by atoms with Gasteiger partial charge in [-0.3, -0.25) is 4.68 Å². The van der Waals surface area contributed by atoms with Crippen LogP contribution in [0.1, 0.15) is 31.2 Å². The van der Waals surface area contributed by atoms with Gasteiger partial charge < -0.3 is 0 Å². The predicted octanol–water partition coefficient (Wildman–Crippen LogP) is 2.70. The van der Waals surface area contributed by atoms with Gasteiger partial charge in [-0.25, -0.2) is 0 Å². The summed E-state index contributed by atoms with van der Waals surface area (Å²) in [4.78, 5) is 0. The second-order valence-corrected chi connectivity index (χ2v) is 4.04. The fourth-order valence-electron chi connectivity index (χ4n) is 1.38. The lowest BCUT2D eigenvalue weighted by Gasteiger charge is -1.99. The quantitative estimate of drug-likeness (QED) is 0.576. The van der Waals surface area contributed by atoms with E-state index < -0.39 is 0 Å². The smallest absolute Gasteiger partial charge is 0.0624 e. The lowest BCUT2D eigenvalue weighted by Crippen LogP contribution is -1.98. The lowest BCUT2D eigenvalue weighted by atomic mass is 10.2. The van der Waals surface area contributed by atoms with Crippen molar-refractivity contribution in [1.29, 1.82) is 0 Å². The zero-order chi connectivity index (χ0) is 9.68. The number of aryl methyl sites for hydroxylation is 3. The van der Waals surface area contributed by atoms with Gasteiger partial charge in [-0.05, 0) is 31.7 Å². The predicted molar refractivity (Wildman–Crippen MR) is 59.3 cm³/mol. The Kier molecular flexibility index (Phi) is 4.50. The minimum atomic E-state index is 1.03. The Morgan fingerprint density at radius 3 is 2.77 bits per heavy atom. The highest BCUT2D eigenvalue weighted by atomic mass is 79.9. The Morgan fingerprint density at radius 2 is 2.23 bits per heavy atom. The van der Waals surface area contributed by atoms with Crippen LogP contribution in [0.4, 0.5) is 0 Å². The number of alkyl halides is 1. The molecule has 13 heavy (non-hydrogen) atoms. The van der Waals surface area contributed by atoms with Crippen molar-refractivity contribution in [1.82, 2.24) is 9.78 Å². The highest BCUT2D eigenvalue weighted by molar-refractivity contribution is 9.09. The molecule has 0 aliphatic carbocycles. The monoisotopic (exact) mass is 244 g/mol. The Labute approximate surface area is 88.5 Å². The van der Waals surface area contributed by atoms with Crippen LogP contribution in [0.2, 0.25) is 0 Å². The van der Waals surface area contributed by atoms with E-state index in [9.17, 15) is 0 Å². The normalized spacial score (nSPS) is 10.7. The third-order valence-corrected chi connectivity index (χ3v) is 2.77. The van der Waals surface area contributed by atoms with E-state index >= 15 is 0 Å². The Morgan fingerprint density at radius 1 is 1.46 bits per heavy atom. The van der Waals surface area contributed by atoms with E-state index in [1.807, 2.05) is 11.7 Å². The summed E-state index contributed by atoms with van der Waals surface area (Å²) in [5.41, 5.74) is 2.56. The number of aromatic nitrogens is 2. The van der Waals surface area contributed by atoms with E-state index in [4.69, 9.17) is 0 Å². The molecule has 3 heteroatoms. The number of halogens is 1. The maximum Gasteiger partial charge on any atom is 0.0624 e.